The fourth-order valence-corrected chi connectivity index (χ4v) is 3.00. The van der Waals surface area contributed by atoms with Gasteiger partial charge in [0.15, 0.2) is 0 Å². The first-order valence-electron chi connectivity index (χ1n) is 6.14. The van der Waals surface area contributed by atoms with E-state index in [-0.39, 0.29) is 5.54 Å². The Morgan fingerprint density at radius 1 is 1.12 bits per heavy atom. The molecule has 3 rings (SSSR count). The van der Waals surface area contributed by atoms with Crippen molar-refractivity contribution in [3.05, 3.63) is 35.4 Å². The van der Waals surface area contributed by atoms with E-state index in [1.807, 2.05) is 30.5 Å². The fourth-order valence-electron chi connectivity index (χ4n) is 3.00. The zero-order chi connectivity index (χ0) is 11.0. The van der Waals surface area contributed by atoms with Crippen LogP contribution in [-0.2, 0) is 0 Å². The molecule has 1 aromatic carbocycles. The summed E-state index contributed by atoms with van der Waals surface area (Å²) in [6, 6.07) is 8.05. The van der Waals surface area contributed by atoms with Crippen LogP contribution in [0.5, 0.6) is 0 Å². The topological polar surface area (TPSA) is 32.6 Å². The number of hydrogen-bond donors (Lipinski definition) is 1. The van der Waals surface area contributed by atoms with E-state index in [0.717, 1.165) is 24.0 Å². The van der Waals surface area contributed by atoms with Gasteiger partial charge in [-0.25, -0.2) is 0 Å². The van der Waals surface area contributed by atoms with Gasteiger partial charge in [-0.3, -0.25) is 4.99 Å². The molecular weight excluding hydrogens is 198 g/mol. The Labute approximate surface area is 96.0 Å². The number of aliphatic hydroxyl groups is 1. The summed E-state index contributed by atoms with van der Waals surface area (Å²) in [6.07, 6.45) is 7.26. The third-order valence-corrected chi connectivity index (χ3v) is 3.98. The van der Waals surface area contributed by atoms with E-state index in [1.54, 1.807) is 0 Å². The molecule has 0 radical (unpaired) electrons. The lowest BCUT2D eigenvalue weighted by molar-refractivity contribution is 0.0584. The van der Waals surface area contributed by atoms with Crippen molar-refractivity contribution in [2.75, 3.05) is 0 Å². The molecule has 1 fully saturated rings. The number of nitrogens with zero attached hydrogens (tertiary/aromatic N) is 1. The summed E-state index contributed by atoms with van der Waals surface area (Å²) in [5.74, 6) is 0. The van der Waals surface area contributed by atoms with Gasteiger partial charge >= 0.3 is 0 Å². The highest BCUT2D eigenvalue weighted by Crippen LogP contribution is 2.44. The van der Waals surface area contributed by atoms with Crippen molar-refractivity contribution < 1.29 is 5.11 Å². The molecule has 2 nitrogen and oxygen atoms in total. The molecule has 0 aromatic heterocycles. The van der Waals surface area contributed by atoms with Crippen LogP contribution < -0.4 is 0 Å². The molecule has 0 saturated heterocycles. The second kappa shape index (κ2) is 3.70. The van der Waals surface area contributed by atoms with E-state index >= 15 is 0 Å². The smallest absolute Gasteiger partial charge is 0.105 e. The Balaban J connectivity index is 2.02. The van der Waals surface area contributed by atoms with Crippen LogP contribution in [0.15, 0.2) is 29.3 Å². The second-order valence-corrected chi connectivity index (χ2v) is 4.95. The average molecular weight is 215 g/mol. The monoisotopic (exact) mass is 215 g/mol. The molecule has 0 amide bonds. The minimum absolute atomic E-state index is 0.216. The van der Waals surface area contributed by atoms with Crippen molar-refractivity contribution in [3.63, 3.8) is 0 Å². The van der Waals surface area contributed by atoms with Crippen molar-refractivity contribution >= 4 is 6.21 Å². The number of hydrogen-bond acceptors (Lipinski definition) is 2. The van der Waals surface area contributed by atoms with Gasteiger partial charge in [0.25, 0.3) is 0 Å². The van der Waals surface area contributed by atoms with Crippen LogP contribution in [0.1, 0.15) is 49.3 Å². The largest absolute Gasteiger partial charge is 0.386 e. The van der Waals surface area contributed by atoms with Gasteiger partial charge in [-0.2, -0.15) is 0 Å². The van der Waals surface area contributed by atoms with Crippen molar-refractivity contribution in [1.82, 2.24) is 0 Å². The number of aliphatic hydroxyl groups excluding tert-OH is 1. The number of aliphatic imine (C=N–C) groups is 1. The first-order chi connectivity index (χ1) is 7.82. The Kier molecular flexibility index (Phi) is 2.32. The molecule has 2 aliphatic rings. The molecule has 1 aromatic rings. The lowest BCUT2D eigenvalue weighted by Gasteiger charge is -2.40. The Hall–Kier alpha value is -1.15. The molecule has 0 bridgehead atoms. The van der Waals surface area contributed by atoms with Gasteiger partial charge in [0.1, 0.15) is 6.10 Å². The van der Waals surface area contributed by atoms with Crippen LogP contribution in [0.3, 0.4) is 0 Å². The Morgan fingerprint density at radius 2 is 1.88 bits per heavy atom. The van der Waals surface area contributed by atoms with Crippen LogP contribution in [0.2, 0.25) is 0 Å². The molecule has 1 spiro atoms. The summed E-state index contributed by atoms with van der Waals surface area (Å²) in [4.78, 5) is 4.67. The molecule has 16 heavy (non-hydrogen) atoms. The van der Waals surface area contributed by atoms with Crippen LogP contribution in [0, 0.1) is 0 Å². The van der Waals surface area contributed by atoms with Crippen LogP contribution in [-0.4, -0.2) is 16.9 Å². The van der Waals surface area contributed by atoms with Gasteiger partial charge in [-0.05, 0) is 24.0 Å². The van der Waals surface area contributed by atoms with E-state index in [9.17, 15) is 5.11 Å². The normalized spacial score (nSPS) is 26.7. The van der Waals surface area contributed by atoms with E-state index in [0.29, 0.717) is 0 Å². The summed E-state index contributed by atoms with van der Waals surface area (Å²) in [6.45, 7) is 0. The number of benzene rings is 1. The SMILES string of the molecule is O[C@@H]1c2ccccc2C=NC12CCCCC2. The third-order valence-electron chi connectivity index (χ3n) is 3.98. The van der Waals surface area contributed by atoms with Gasteiger partial charge in [-0.15, -0.1) is 0 Å². The molecule has 1 aliphatic carbocycles. The van der Waals surface area contributed by atoms with Crippen molar-refractivity contribution in [2.45, 2.75) is 43.7 Å². The Morgan fingerprint density at radius 3 is 2.69 bits per heavy atom. The summed E-state index contributed by atoms with van der Waals surface area (Å²) < 4.78 is 0. The van der Waals surface area contributed by atoms with Gasteiger partial charge in [-0.1, -0.05) is 43.5 Å². The number of rotatable bonds is 0. The van der Waals surface area contributed by atoms with Gasteiger partial charge in [0.2, 0.25) is 0 Å². The molecule has 1 N–H and O–H groups in total. The second-order valence-electron chi connectivity index (χ2n) is 4.95. The molecular formula is C14H17NO. The molecule has 0 unspecified atom stereocenters. The highest BCUT2D eigenvalue weighted by atomic mass is 16.3. The minimum atomic E-state index is -0.408. The Bertz CT molecular complexity index is 418. The van der Waals surface area contributed by atoms with Crippen LogP contribution in [0.25, 0.3) is 0 Å². The van der Waals surface area contributed by atoms with Gasteiger partial charge < -0.3 is 5.11 Å². The quantitative estimate of drug-likeness (QED) is 0.709. The maximum atomic E-state index is 10.5. The number of fused-ring (bicyclic) bond motifs is 1. The summed E-state index contributed by atoms with van der Waals surface area (Å²) >= 11 is 0. The highest BCUT2D eigenvalue weighted by molar-refractivity contribution is 5.84. The molecule has 1 heterocycles. The standard InChI is InChI=1S/C14H17NO/c16-13-12-7-3-2-6-11(12)10-15-14(13)8-4-1-5-9-14/h2-3,6-7,10,13,16H,1,4-5,8-9H2/t13-/m1/s1. The fraction of sp³-hybridized carbons (Fsp3) is 0.500. The van der Waals surface area contributed by atoms with Crippen molar-refractivity contribution in [2.24, 2.45) is 4.99 Å². The van der Waals surface area contributed by atoms with Crippen LogP contribution in [0.4, 0.5) is 0 Å². The van der Waals surface area contributed by atoms with E-state index in [4.69, 9.17) is 0 Å². The summed E-state index contributed by atoms with van der Waals surface area (Å²) in [5.41, 5.74) is 1.91. The average Bonchev–Trinajstić information content (AvgIpc) is 2.36. The predicted octanol–water partition coefficient (Wildman–Crippen LogP) is 2.86. The van der Waals surface area contributed by atoms with Crippen LogP contribution >= 0.6 is 0 Å². The lowest BCUT2D eigenvalue weighted by atomic mass is 9.74. The summed E-state index contributed by atoms with van der Waals surface area (Å²) in [7, 11) is 0. The lowest BCUT2D eigenvalue weighted by Crippen LogP contribution is -2.39. The van der Waals surface area contributed by atoms with E-state index < -0.39 is 6.10 Å². The zero-order valence-corrected chi connectivity index (χ0v) is 9.39. The molecule has 1 aliphatic heterocycles. The van der Waals surface area contributed by atoms with Crippen molar-refractivity contribution in [3.8, 4) is 0 Å². The molecule has 1 atom stereocenters. The molecule has 84 valence electrons. The van der Waals surface area contributed by atoms with E-state index in [2.05, 4.69) is 4.99 Å². The summed E-state index contributed by atoms with van der Waals surface area (Å²) in [5, 5.41) is 10.5. The van der Waals surface area contributed by atoms with Gasteiger partial charge in [0, 0.05) is 6.21 Å². The third kappa shape index (κ3) is 1.40. The van der Waals surface area contributed by atoms with Gasteiger partial charge in [0.05, 0.1) is 5.54 Å². The maximum Gasteiger partial charge on any atom is 0.105 e. The van der Waals surface area contributed by atoms with E-state index in [1.165, 1.54) is 19.3 Å². The first-order valence-corrected chi connectivity index (χ1v) is 6.14. The predicted molar refractivity (Wildman–Crippen MR) is 64.8 cm³/mol. The molecule has 2 heteroatoms. The first kappa shape index (κ1) is 10.0. The zero-order valence-electron chi connectivity index (χ0n) is 9.39. The maximum absolute atomic E-state index is 10.5. The van der Waals surface area contributed by atoms with Crippen molar-refractivity contribution in [1.29, 1.82) is 0 Å². The molecule has 1 saturated carbocycles. The minimum Gasteiger partial charge on any atom is -0.386 e. The highest BCUT2D eigenvalue weighted by Gasteiger charge is 2.41.